The maximum absolute atomic E-state index is 10.1. The average Bonchev–Trinajstić information content (AvgIpc) is 3.00. The molecule has 82 valence electrons. The van der Waals surface area contributed by atoms with Gasteiger partial charge >= 0.3 is 0 Å². The number of hydrogen-bond donors (Lipinski definition) is 2. The van der Waals surface area contributed by atoms with E-state index in [1.165, 1.54) is 5.56 Å². The Kier molecular flexibility index (Phi) is 3.14. The van der Waals surface area contributed by atoms with Crippen molar-refractivity contribution in [3.05, 3.63) is 34.3 Å². The smallest absolute Gasteiger partial charge is 0.0760 e. The van der Waals surface area contributed by atoms with E-state index in [2.05, 4.69) is 33.4 Å². The van der Waals surface area contributed by atoms with Crippen molar-refractivity contribution in [1.82, 2.24) is 5.32 Å². The van der Waals surface area contributed by atoms with Crippen LogP contribution < -0.4 is 5.32 Å². The predicted octanol–water partition coefficient (Wildman–Crippen LogP) is 2.06. The molecular weight excluding hydrogens is 254 g/mol. The molecule has 0 aliphatic heterocycles. The van der Waals surface area contributed by atoms with Crippen molar-refractivity contribution in [2.75, 3.05) is 13.6 Å². The summed E-state index contributed by atoms with van der Waals surface area (Å²) in [5.74, 6) is 0. The number of nitrogens with one attached hydrogen (secondary N) is 1. The zero-order valence-electron chi connectivity index (χ0n) is 8.83. The fraction of sp³-hybridized carbons (Fsp3) is 0.500. The van der Waals surface area contributed by atoms with E-state index in [1.54, 1.807) is 0 Å². The van der Waals surface area contributed by atoms with Crippen LogP contribution in [0.1, 0.15) is 18.4 Å². The highest BCUT2D eigenvalue weighted by molar-refractivity contribution is 9.10. The van der Waals surface area contributed by atoms with Crippen molar-refractivity contribution in [2.45, 2.75) is 24.4 Å². The molecule has 1 aliphatic carbocycles. The van der Waals surface area contributed by atoms with Gasteiger partial charge in [-0.05, 0) is 37.6 Å². The third-order valence-corrected chi connectivity index (χ3v) is 3.77. The van der Waals surface area contributed by atoms with E-state index < -0.39 is 0 Å². The number of likely N-dealkylation sites (N-methyl/N-ethyl adjacent to an activating group) is 1. The first kappa shape index (κ1) is 11.1. The van der Waals surface area contributed by atoms with E-state index in [1.807, 2.05) is 19.2 Å². The molecule has 2 nitrogen and oxygen atoms in total. The van der Waals surface area contributed by atoms with Crippen LogP contribution in [0, 0.1) is 0 Å². The summed E-state index contributed by atoms with van der Waals surface area (Å²) in [6.45, 7) is 0.663. The first-order valence-corrected chi connectivity index (χ1v) is 6.07. The highest BCUT2D eigenvalue weighted by Crippen LogP contribution is 2.50. The lowest BCUT2D eigenvalue weighted by molar-refractivity contribution is 0.132. The quantitative estimate of drug-likeness (QED) is 0.877. The lowest BCUT2D eigenvalue weighted by atomic mass is 9.90. The topological polar surface area (TPSA) is 32.3 Å². The van der Waals surface area contributed by atoms with Gasteiger partial charge in [0, 0.05) is 16.4 Å². The molecule has 2 rings (SSSR count). The van der Waals surface area contributed by atoms with Crippen LogP contribution in [0.15, 0.2) is 28.7 Å². The van der Waals surface area contributed by atoms with Gasteiger partial charge < -0.3 is 10.4 Å². The summed E-state index contributed by atoms with van der Waals surface area (Å²) in [5, 5.41) is 13.1. The number of aliphatic hydroxyl groups excluding tert-OH is 1. The normalized spacial score (nSPS) is 19.9. The SMILES string of the molecule is CNCC(O)C1(c2ccc(Br)cc2)CC1. The Morgan fingerprint density at radius 3 is 2.47 bits per heavy atom. The van der Waals surface area contributed by atoms with Crippen molar-refractivity contribution in [3.8, 4) is 0 Å². The molecule has 1 fully saturated rings. The summed E-state index contributed by atoms with van der Waals surface area (Å²) in [5.41, 5.74) is 1.28. The van der Waals surface area contributed by atoms with Crippen molar-refractivity contribution < 1.29 is 5.11 Å². The highest BCUT2D eigenvalue weighted by atomic mass is 79.9. The van der Waals surface area contributed by atoms with E-state index >= 15 is 0 Å². The fourth-order valence-electron chi connectivity index (χ4n) is 2.12. The van der Waals surface area contributed by atoms with E-state index in [0.717, 1.165) is 17.3 Å². The van der Waals surface area contributed by atoms with E-state index in [9.17, 15) is 5.11 Å². The molecule has 0 spiro atoms. The summed E-state index contributed by atoms with van der Waals surface area (Å²) in [6.07, 6.45) is 1.92. The number of halogens is 1. The van der Waals surface area contributed by atoms with Gasteiger partial charge in [0.15, 0.2) is 0 Å². The maximum Gasteiger partial charge on any atom is 0.0760 e. The molecule has 0 heterocycles. The van der Waals surface area contributed by atoms with E-state index in [4.69, 9.17) is 0 Å². The minimum Gasteiger partial charge on any atom is -0.391 e. The third-order valence-electron chi connectivity index (χ3n) is 3.24. The Morgan fingerprint density at radius 2 is 2.00 bits per heavy atom. The Bertz CT molecular complexity index is 332. The average molecular weight is 270 g/mol. The van der Waals surface area contributed by atoms with E-state index in [0.29, 0.717) is 6.54 Å². The molecule has 3 heteroatoms. The molecule has 15 heavy (non-hydrogen) atoms. The van der Waals surface area contributed by atoms with Gasteiger partial charge in [-0.3, -0.25) is 0 Å². The molecule has 0 amide bonds. The summed E-state index contributed by atoms with van der Waals surface area (Å²) >= 11 is 3.43. The lowest BCUT2D eigenvalue weighted by Gasteiger charge is -2.22. The minimum atomic E-state index is -0.274. The molecular formula is C12H16BrNO. The van der Waals surface area contributed by atoms with Crippen LogP contribution in [0.25, 0.3) is 0 Å². The molecule has 0 radical (unpaired) electrons. The lowest BCUT2D eigenvalue weighted by Crippen LogP contribution is -2.34. The molecule has 1 aromatic rings. The Morgan fingerprint density at radius 1 is 1.40 bits per heavy atom. The van der Waals surface area contributed by atoms with E-state index in [-0.39, 0.29) is 11.5 Å². The highest BCUT2D eigenvalue weighted by Gasteiger charge is 2.49. The molecule has 2 N–H and O–H groups in total. The Hall–Kier alpha value is -0.380. The van der Waals surface area contributed by atoms with Crippen molar-refractivity contribution in [1.29, 1.82) is 0 Å². The van der Waals surface area contributed by atoms with Gasteiger partial charge in [0.2, 0.25) is 0 Å². The summed E-state index contributed by atoms with van der Waals surface area (Å²) < 4.78 is 1.09. The Labute approximate surface area is 98.8 Å². The molecule has 0 saturated heterocycles. The molecule has 1 unspecified atom stereocenters. The molecule has 1 saturated carbocycles. The van der Waals surface area contributed by atoms with Crippen LogP contribution in [-0.4, -0.2) is 24.8 Å². The van der Waals surface area contributed by atoms with Crippen LogP contribution in [0.4, 0.5) is 0 Å². The van der Waals surface area contributed by atoms with Crippen LogP contribution in [0.2, 0.25) is 0 Å². The summed E-state index contributed by atoms with van der Waals surface area (Å²) in [7, 11) is 1.88. The van der Waals surface area contributed by atoms with Gasteiger partial charge in [0.25, 0.3) is 0 Å². The predicted molar refractivity (Wildman–Crippen MR) is 65.0 cm³/mol. The standard InChI is InChI=1S/C12H16BrNO/c1-14-8-11(15)12(6-7-12)9-2-4-10(13)5-3-9/h2-5,11,14-15H,6-8H2,1H3. The van der Waals surface area contributed by atoms with Gasteiger partial charge in [-0.2, -0.15) is 0 Å². The first-order chi connectivity index (χ1) is 7.19. The minimum absolute atomic E-state index is 0.0176. The van der Waals surface area contributed by atoms with Gasteiger partial charge in [-0.25, -0.2) is 0 Å². The first-order valence-electron chi connectivity index (χ1n) is 5.28. The molecule has 1 aromatic carbocycles. The molecule has 1 atom stereocenters. The molecule has 0 bridgehead atoms. The third kappa shape index (κ3) is 2.10. The zero-order valence-corrected chi connectivity index (χ0v) is 10.4. The molecule has 0 aromatic heterocycles. The van der Waals surface area contributed by atoms with Crippen molar-refractivity contribution in [2.24, 2.45) is 0 Å². The second-order valence-electron chi connectivity index (χ2n) is 4.24. The maximum atomic E-state index is 10.1. The van der Waals surface area contributed by atoms with Gasteiger partial charge in [0.1, 0.15) is 0 Å². The van der Waals surface area contributed by atoms with Crippen molar-refractivity contribution in [3.63, 3.8) is 0 Å². The second-order valence-corrected chi connectivity index (χ2v) is 5.15. The number of aliphatic hydroxyl groups is 1. The molecule has 1 aliphatic rings. The fourth-order valence-corrected chi connectivity index (χ4v) is 2.38. The van der Waals surface area contributed by atoms with Gasteiger partial charge in [-0.1, -0.05) is 28.1 Å². The number of benzene rings is 1. The Balaban J connectivity index is 2.19. The van der Waals surface area contributed by atoms with Crippen LogP contribution in [-0.2, 0) is 5.41 Å². The monoisotopic (exact) mass is 269 g/mol. The number of rotatable bonds is 4. The van der Waals surface area contributed by atoms with Crippen molar-refractivity contribution >= 4 is 15.9 Å². The largest absolute Gasteiger partial charge is 0.391 e. The summed E-state index contributed by atoms with van der Waals surface area (Å²) in [4.78, 5) is 0. The van der Waals surface area contributed by atoms with Gasteiger partial charge in [-0.15, -0.1) is 0 Å². The number of hydrogen-bond acceptors (Lipinski definition) is 2. The van der Waals surface area contributed by atoms with Gasteiger partial charge in [0.05, 0.1) is 6.10 Å². The van der Waals surface area contributed by atoms with Crippen LogP contribution in [0.5, 0.6) is 0 Å². The van der Waals surface area contributed by atoms with Crippen LogP contribution in [0.3, 0.4) is 0 Å². The summed E-state index contributed by atoms with van der Waals surface area (Å²) in [6, 6.07) is 8.30. The zero-order chi connectivity index (χ0) is 10.9. The van der Waals surface area contributed by atoms with Crippen LogP contribution >= 0.6 is 15.9 Å². The second kappa shape index (κ2) is 4.24.